The van der Waals surface area contributed by atoms with Gasteiger partial charge in [-0.2, -0.15) is 4.31 Å². The van der Waals surface area contributed by atoms with E-state index in [-0.39, 0.29) is 30.8 Å². The molecule has 0 aliphatic carbocycles. The summed E-state index contributed by atoms with van der Waals surface area (Å²) in [5.41, 5.74) is 0.125. The van der Waals surface area contributed by atoms with E-state index >= 15 is 0 Å². The topological polar surface area (TPSA) is 57.6 Å². The van der Waals surface area contributed by atoms with Crippen LogP contribution in [0.25, 0.3) is 0 Å². The molecule has 0 amide bonds. The van der Waals surface area contributed by atoms with Gasteiger partial charge in [-0.3, -0.25) is 0 Å². The maximum absolute atomic E-state index is 14.1. The molecule has 0 aromatic heterocycles. The van der Waals surface area contributed by atoms with E-state index in [9.17, 15) is 17.9 Å². The molecular weight excluding hydrogens is 329 g/mol. The SMILES string of the molecule is Cc1cccc(F)c1S(=O)(=O)N1CCC(O)(c2ccccc2)CC1. The number of aryl methyl sites for hydroxylation is 1. The van der Waals surface area contributed by atoms with Gasteiger partial charge in [-0.1, -0.05) is 42.5 Å². The molecule has 2 aromatic rings. The zero-order valence-electron chi connectivity index (χ0n) is 13.4. The van der Waals surface area contributed by atoms with E-state index in [0.717, 1.165) is 11.6 Å². The molecule has 1 saturated heterocycles. The molecule has 6 heteroatoms. The molecule has 1 aliphatic heterocycles. The lowest BCUT2D eigenvalue weighted by atomic mass is 9.85. The van der Waals surface area contributed by atoms with Crippen molar-refractivity contribution >= 4 is 10.0 Å². The molecule has 1 N–H and O–H groups in total. The summed E-state index contributed by atoms with van der Waals surface area (Å²) in [7, 11) is -3.91. The molecule has 24 heavy (non-hydrogen) atoms. The Kier molecular flexibility index (Phi) is 4.46. The highest BCUT2D eigenvalue weighted by Gasteiger charge is 2.39. The van der Waals surface area contributed by atoms with Crippen molar-refractivity contribution in [3.05, 3.63) is 65.5 Å². The lowest BCUT2D eigenvalue weighted by molar-refractivity contribution is -0.00963. The van der Waals surface area contributed by atoms with Crippen molar-refractivity contribution in [1.29, 1.82) is 0 Å². The van der Waals surface area contributed by atoms with E-state index in [1.807, 2.05) is 30.3 Å². The zero-order chi connectivity index (χ0) is 17.4. The van der Waals surface area contributed by atoms with Crippen LogP contribution in [0, 0.1) is 12.7 Å². The summed E-state index contributed by atoms with van der Waals surface area (Å²) in [6, 6.07) is 13.5. The summed E-state index contributed by atoms with van der Waals surface area (Å²) in [4.78, 5) is -0.268. The van der Waals surface area contributed by atoms with Crippen LogP contribution < -0.4 is 0 Å². The van der Waals surface area contributed by atoms with Crippen LogP contribution in [0.4, 0.5) is 4.39 Å². The van der Waals surface area contributed by atoms with E-state index < -0.39 is 21.4 Å². The first kappa shape index (κ1) is 17.1. The van der Waals surface area contributed by atoms with Gasteiger partial charge in [0.25, 0.3) is 0 Å². The summed E-state index contributed by atoms with van der Waals surface area (Å²) in [5.74, 6) is -0.737. The number of sulfonamides is 1. The van der Waals surface area contributed by atoms with Gasteiger partial charge in [-0.15, -0.1) is 0 Å². The molecule has 2 aromatic carbocycles. The second-order valence-corrected chi connectivity index (χ2v) is 8.06. The van der Waals surface area contributed by atoms with Crippen LogP contribution in [0.2, 0.25) is 0 Å². The van der Waals surface area contributed by atoms with Crippen molar-refractivity contribution in [1.82, 2.24) is 4.31 Å². The third-order valence-corrected chi connectivity index (χ3v) is 6.70. The van der Waals surface area contributed by atoms with Gasteiger partial charge < -0.3 is 5.11 Å². The number of hydrogen-bond acceptors (Lipinski definition) is 3. The number of piperidine rings is 1. The van der Waals surface area contributed by atoms with Crippen molar-refractivity contribution in [3.8, 4) is 0 Å². The maximum Gasteiger partial charge on any atom is 0.246 e. The summed E-state index contributed by atoms with van der Waals surface area (Å²) in [6.07, 6.45) is 0.563. The van der Waals surface area contributed by atoms with Gasteiger partial charge >= 0.3 is 0 Å². The summed E-state index contributed by atoms with van der Waals surface area (Å²) < 4.78 is 40.9. The lowest BCUT2D eigenvalue weighted by Gasteiger charge is -2.38. The molecule has 1 fully saturated rings. The average molecular weight is 349 g/mol. The minimum absolute atomic E-state index is 0.154. The van der Waals surface area contributed by atoms with Crippen molar-refractivity contribution < 1.29 is 17.9 Å². The van der Waals surface area contributed by atoms with E-state index in [4.69, 9.17) is 0 Å². The minimum atomic E-state index is -3.91. The first-order chi connectivity index (χ1) is 11.3. The average Bonchev–Trinajstić information content (AvgIpc) is 2.56. The smallest absolute Gasteiger partial charge is 0.246 e. The second-order valence-electron chi connectivity index (χ2n) is 6.19. The van der Waals surface area contributed by atoms with Gasteiger partial charge in [-0.25, -0.2) is 12.8 Å². The van der Waals surface area contributed by atoms with E-state index in [0.29, 0.717) is 5.56 Å². The summed E-state index contributed by atoms with van der Waals surface area (Å²) >= 11 is 0. The molecule has 0 radical (unpaired) electrons. The Morgan fingerprint density at radius 1 is 1.04 bits per heavy atom. The zero-order valence-corrected chi connectivity index (χ0v) is 14.3. The van der Waals surface area contributed by atoms with Crippen LogP contribution in [-0.4, -0.2) is 30.9 Å². The summed E-state index contributed by atoms with van der Waals surface area (Å²) in [6.45, 7) is 1.89. The Balaban J connectivity index is 1.84. The molecule has 0 saturated carbocycles. The van der Waals surface area contributed by atoms with Crippen LogP contribution in [-0.2, 0) is 15.6 Å². The summed E-state index contributed by atoms with van der Waals surface area (Å²) in [5, 5.41) is 10.8. The van der Waals surface area contributed by atoms with Gasteiger partial charge in [0.15, 0.2) is 0 Å². The van der Waals surface area contributed by atoms with E-state index in [1.54, 1.807) is 13.0 Å². The Bertz CT molecular complexity index is 808. The lowest BCUT2D eigenvalue weighted by Crippen LogP contribution is -2.45. The second kappa shape index (κ2) is 6.27. The fourth-order valence-electron chi connectivity index (χ4n) is 3.21. The van der Waals surface area contributed by atoms with Crippen molar-refractivity contribution in [3.63, 3.8) is 0 Å². The van der Waals surface area contributed by atoms with Crippen molar-refractivity contribution in [2.75, 3.05) is 13.1 Å². The molecule has 1 heterocycles. The molecule has 0 spiro atoms. The third kappa shape index (κ3) is 2.97. The largest absolute Gasteiger partial charge is 0.385 e. The molecule has 1 aliphatic rings. The molecule has 128 valence electrons. The first-order valence-electron chi connectivity index (χ1n) is 7.88. The highest BCUT2D eigenvalue weighted by atomic mass is 32.2. The number of halogens is 1. The van der Waals surface area contributed by atoms with E-state index in [2.05, 4.69) is 0 Å². The molecule has 4 nitrogen and oxygen atoms in total. The number of hydrogen-bond donors (Lipinski definition) is 1. The molecule has 0 bridgehead atoms. The maximum atomic E-state index is 14.1. The fourth-order valence-corrected chi connectivity index (χ4v) is 4.92. The molecule has 0 unspecified atom stereocenters. The Hall–Kier alpha value is -1.76. The highest BCUT2D eigenvalue weighted by Crippen LogP contribution is 2.35. The van der Waals surface area contributed by atoms with Gasteiger partial charge in [0.1, 0.15) is 10.7 Å². The number of rotatable bonds is 3. The standard InChI is InChI=1S/C18H20FNO3S/c1-14-6-5-9-16(19)17(14)24(22,23)20-12-10-18(21,11-13-20)15-7-3-2-4-8-15/h2-9,21H,10-13H2,1H3. The van der Waals surface area contributed by atoms with Gasteiger partial charge in [0.05, 0.1) is 5.60 Å². The van der Waals surface area contributed by atoms with Crippen molar-refractivity contribution in [2.45, 2.75) is 30.3 Å². The molecule has 3 rings (SSSR count). The number of benzene rings is 2. The van der Waals surface area contributed by atoms with Crippen LogP contribution in [0.1, 0.15) is 24.0 Å². The fraction of sp³-hybridized carbons (Fsp3) is 0.333. The highest BCUT2D eigenvalue weighted by molar-refractivity contribution is 7.89. The predicted octanol–water partition coefficient (Wildman–Crippen LogP) is 2.81. The van der Waals surface area contributed by atoms with Crippen LogP contribution in [0.15, 0.2) is 53.4 Å². The van der Waals surface area contributed by atoms with Gasteiger partial charge in [0.2, 0.25) is 10.0 Å². The first-order valence-corrected chi connectivity index (χ1v) is 9.32. The van der Waals surface area contributed by atoms with Crippen LogP contribution in [0.5, 0.6) is 0 Å². The van der Waals surface area contributed by atoms with Crippen molar-refractivity contribution in [2.24, 2.45) is 0 Å². The molecule has 0 atom stereocenters. The number of aliphatic hydroxyl groups is 1. The predicted molar refractivity (Wildman–Crippen MR) is 89.5 cm³/mol. The minimum Gasteiger partial charge on any atom is -0.385 e. The normalized spacial score (nSPS) is 18.5. The van der Waals surface area contributed by atoms with Crippen LogP contribution in [0.3, 0.4) is 0 Å². The quantitative estimate of drug-likeness (QED) is 0.927. The number of nitrogens with zero attached hydrogens (tertiary/aromatic N) is 1. The molecular formula is C18H20FNO3S. The van der Waals surface area contributed by atoms with E-state index in [1.165, 1.54) is 10.4 Å². The monoisotopic (exact) mass is 349 g/mol. The Morgan fingerprint density at radius 3 is 2.25 bits per heavy atom. The Labute approximate surface area is 141 Å². The third-order valence-electron chi connectivity index (χ3n) is 4.62. The van der Waals surface area contributed by atoms with Crippen LogP contribution >= 0.6 is 0 Å². The van der Waals surface area contributed by atoms with Gasteiger partial charge in [0, 0.05) is 13.1 Å². The van der Waals surface area contributed by atoms with Gasteiger partial charge in [-0.05, 0) is 37.0 Å². The Morgan fingerprint density at radius 2 is 1.67 bits per heavy atom.